The van der Waals surface area contributed by atoms with Gasteiger partial charge in [-0.3, -0.25) is 4.79 Å². The maximum Gasteiger partial charge on any atom is 0.277 e. The van der Waals surface area contributed by atoms with E-state index in [9.17, 15) is 9.18 Å². The fourth-order valence-electron chi connectivity index (χ4n) is 2.29. The summed E-state index contributed by atoms with van der Waals surface area (Å²) in [5, 5.41) is 19.1. The van der Waals surface area contributed by atoms with E-state index in [1.807, 2.05) is 6.07 Å². The normalized spacial score (nSPS) is 12.6. The van der Waals surface area contributed by atoms with E-state index in [0.717, 1.165) is 11.8 Å². The average Bonchev–Trinajstić information content (AvgIpc) is 3.19. The van der Waals surface area contributed by atoms with Crippen molar-refractivity contribution in [3.8, 4) is 11.8 Å². The van der Waals surface area contributed by atoms with E-state index in [2.05, 4.69) is 15.5 Å². The fraction of sp³-hybridized carbons (Fsp3) is 0.200. The Kier molecular flexibility index (Phi) is 6.46. The summed E-state index contributed by atoms with van der Waals surface area (Å²) in [5.74, 6) is -0.477. The molecule has 1 N–H and O–H groups in total. The summed E-state index contributed by atoms with van der Waals surface area (Å²) in [6.07, 6.45) is -0.656. The molecule has 0 saturated carbocycles. The number of nitrogens with one attached hydrogen (secondary N) is 1. The van der Waals surface area contributed by atoms with E-state index in [-0.39, 0.29) is 22.8 Å². The van der Waals surface area contributed by atoms with Crippen LogP contribution in [0, 0.1) is 17.1 Å². The molecule has 0 fully saturated rings. The Hall–Kier alpha value is -3.38. The minimum atomic E-state index is -0.656. The maximum absolute atomic E-state index is 13.7. The molecule has 0 aliphatic rings. The first-order valence-electron chi connectivity index (χ1n) is 8.68. The molecule has 1 amide bonds. The highest BCUT2D eigenvalue weighted by Gasteiger charge is 2.21. The first-order valence-corrected chi connectivity index (χ1v) is 9.56. The summed E-state index contributed by atoms with van der Waals surface area (Å²) in [7, 11) is 0. The van der Waals surface area contributed by atoms with Gasteiger partial charge in [-0.2, -0.15) is 5.26 Å². The molecule has 148 valence electrons. The topological polar surface area (TPSA) is 101 Å². The number of benzene rings is 2. The molecule has 0 unspecified atom stereocenters. The summed E-state index contributed by atoms with van der Waals surface area (Å²) >= 11 is 1.09. The Labute approximate surface area is 170 Å². The molecule has 0 spiro atoms. The molecule has 2 aromatic carbocycles. The number of anilines is 1. The van der Waals surface area contributed by atoms with Crippen LogP contribution in [0.25, 0.3) is 0 Å². The van der Waals surface area contributed by atoms with Crippen molar-refractivity contribution in [1.82, 2.24) is 10.2 Å². The van der Waals surface area contributed by atoms with Crippen molar-refractivity contribution in [2.75, 3.05) is 5.32 Å². The van der Waals surface area contributed by atoms with Crippen molar-refractivity contribution in [2.24, 2.45) is 0 Å². The SMILES string of the molecule is C[C@H](Oc1ccccc1F)c1nnc(S[C@H](C)C(=O)Nc2ccc(C#N)cc2)o1. The Balaban J connectivity index is 1.57. The summed E-state index contributed by atoms with van der Waals surface area (Å²) in [5.41, 5.74) is 1.09. The number of halogens is 1. The third kappa shape index (κ3) is 5.33. The number of amides is 1. The van der Waals surface area contributed by atoms with Gasteiger partial charge in [-0.05, 0) is 50.2 Å². The second kappa shape index (κ2) is 9.21. The number of hydrogen-bond donors (Lipinski definition) is 1. The third-order valence-electron chi connectivity index (χ3n) is 3.84. The molecule has 1 heterocycles. The van der Waals surface area contributed by atoms with E-state index < -0.39 is 17.2 Å². The number of thioether (sulfide) groups is 1. The molecule has 2 atom stereocenters. The molecule has 0 saturated heterocycles. The molecule has 0 aliphatic heterocycles. The molecule has 3 rings (SSSR count). The lowest BCUT2D eigenvalue weighted by atomic mass is 10.2. The lowest BCUT2D eigenvalue weighted by Gasteiger charge is -2.11. The Morgan fingerprint density at radius 2 is 1.93 bits per heavy atom. The van der Waals surface area contributed by atoms with Crippen molar-refractivity contribution in [2.45, 2.75) is 30.4 Å². The van der Waals surface area contributed by atoms with Gasteiger partial charge in [0.05, 0.1) is 16.9 Å². The van der Waals surface area contributed by atoms with Crippen LogP contribution in [0.5, 0.6) is 5.75 Å². The zero-order valence-electron chi connectivity index (χ0n) is 15.6. The zero-order valence-corrected chi connectivity index (χ0v) is 16.4. The first-order chi connectivity index (χ1) is 14.0. The van der Waals surface area contributed by atoms with E-state index in [1.54, 1.807) is 50.2 Å². The Bertz CT molecular complexity index is 1030. The van der Waals surface area contributed by atoms with Gasteiger partial charge in [0.15, 0.2) is 17.7 Å². The molecule has 3 aromatic rings. The number of carbonyl (C=O) groups is 1. The fourth-order valence-corrected chi connectivity index (χ4v) is 2.98. The van der Waals surface area contributed by atoms with Crippen LogP contribution in [-0.2, 0) is 4.79 Å². The van der Waals surface area contributed by atoms with Crippen LogP contribution in [0.1, 0.15) is 31.4 Å². The van der Waals surface area contributed by atoms with E-state index in [0.29, 0.717) is 11.3 Å². The molecule has 0 bridgehead atoms. The average molecular weight is 412 g/mol. The lowest BCUT2D eigenvalue weighted by molar-refractivity contribution is -0.115. The number of carbonyl (C=O) groups excluding carboxylic acids is 1. The Morgan fingerprint density at radius 1 is 1.21 bits per heavy atom. The number of para-hydroxylation sites is 1. The van der Waals surface area contributed by atoms with Crippen LogP contribution in [0.3, 0.4) is 0 Å². The molecule has 1 aromatic heterocycles. The van der Waals surface area contributed by atoms with Gasteiger partial charge in [0, 0.05) is 5.69 Å². The highest BCUT2D eigenvalue weighted by atomic mass is 32.2. The van der Waals surface area contributed by atoms with Crippen molar-refractivity contribution >= 4 is 23.4 Å². The van der Waals surface area contributed by atoms with Crippen molar-refractivity contribution in [3.05, 3.63) is 65.8 Å². The number of aromatic nitrogens is 2. The molecule has 0 aliphatic carbocycles. The molecule has 9 heteroatoms. The monoisotopic (exact) mass is 412 g/mol. The summed E-state index contributed by atoms with van der Waals surface area (Å²) in [6, 6.07) is 14.6. The molecule has 29 heavy (non-hydrogen) atoms. The second-order valence-electron chi connectivity index (χ2n) is 6.04. The Morgan fingerprint density at radius 3 is 2.62 bits per heavy atom. The molecule has 7 nitrogen and oxygen atoms in total. The quantitative estimate of drug-likeness (QED) is 0.576. The number of nitrogens with zero attached hydrogens (tertiary/aromatic N) is 3. The van der Waals surface area contributed by atoms with Crippen molar-refractivity contribution < 1.29 is 18.3 Å². The summed E-state index contributed by atoms with van der Waals surface area (Å²) < 4.78 is 24.7. The highest BCUT2D eigenvalue weighted by molar-refractivity contribution is 8.00. The lowest BCUT2D eigenvalue weighted by Crippen LogP contribution is -2.22. The summed E-state index contributed by atoms with van der Waals surface area (Å²) in [4.78, 5) is 12.3. The number of hydrogen-bond acceptors (Lipinski definition) is 7. The van der Waals surface area contributed by atoms with Gasteiger partial charge in [-0.15, -0.1) is 10.2 Å². The van der Waals surface area contributed by atoms with E-state index >= 15 is 0 Å². The van der Waals surface area contributed by atoms with Gasteiger partial charge in [0.2, 0.25) is 5.91 Å². The van der Waals surface area contributed by atoms with Crippen LogP contribution < -0.4 is 10.1 Å². The molecule has 0 radical (unpaired) electrons. The second-order valence-corrected chi connectivity index (χ2v) is 7.33. The van der Waals surface area contributed by atoms with Gasteiger partial charge in [0.1, 0.15) is 0 Å². The van der Waals surface area contributed by atoms with Gasteiger partial charge in [0.25, 0.3) is 11.1 Å². The smallest absolute Gasteiger partial charge is 0.277 e. The van der Waals surface area contributed by atoms with Gasteiger partial charge >= 0.3 is 0 Å². The van der Waals surface area contributed by atoms with Crippen LogP contribution in [0.15, 0.2) is 58.2 Å². The number of rotatable bonds is 7. The zero-order chi connectivity index (χ0) is 20.8. The maximum atomic E-state index is 13.7. The van der Waals surface area contributed by atoms with Gasteiger partial charge in [-0.1, -0.05) is 23.9 Å². The number of nitriles is 1. The highest BCUT2D eigenvalue weighted by Crippen LogP contribution is 2.27. The van der Waals surface area contributed by atoms with Crippen LogP contribution in [-0.4, -0.2) is 21.4 Å². The van der Waals surface area contributed by atoms with E-state index in [4.69, 9.17) is 14.4 Å². The predicted molar refractivity (Wildman–Crippen MR) is 105 cm³/mol. The predicted octanol–water partition coefficient (Wildman–Crippen LogP) is 4.34. The minimum absolute atomic E-state index is 0.0857. The first kappa shape index (κ1) is 20.4. The van der Waals surface area contributed by atoms with Crippen LogP contribution in [0.2, 0.25) is 0 Å². The van der Waals surface area contributed by atoms with E-state index in [1.165, 1.54) is 12.1 Å². The molecular formula is C20H17FN4O3S. The molecular weight excluding hydrogens is 395 g/mol. The number of ether oxygens (including phenoxy) is 1. The minimum Gasteiger partial charge on any atom is -0.478 e. The van der Waals surface area contributed by atoms with Crippen molar-refractivity contribution in [3.63, 3.8) is 0 Å². The largest absolute Gasteiger partial charge is 0.478 e. The van der Waals surface area contributed by atoms with Crippen LogP contribution in [0.4, 0.5) is 10.1 Å². The summed E-state index contributed by atoms with van der Waals surface area (Å²) in [6.45, 7) is 3.36. The van der Waals surface area contributed by atoms with Crippen LogP contribution >= 0.6 is 11.8 Å². The third-order valence-corrected chi connectivity index (χ3v) is 4.77. The van der Waals surface area contributed by atoms with Crippen molar-refractivity contribution in [1.29, 1.82) is 5.26 Å². The standard InChI is InChI=1S/C20H17FN4O3S/c1-12(27-17-6-4-3-5-16(17)21)19-24-25-20(28-19)29-13(2)18(26)23-15-9-7-14(11-22)8-10-15/h3-10,12-13H,1-2H3,(H,23,26)/t12-,13+/m0/s1. The van der Waals surface area contributed by atoms with Gasteiger partial charge in [-0.25, -0.2) is 4.39 Å². The van der Waals surface area contributed by atoms with Gasteiger partial charge < -0.3 is 14.5 Å².